The number of carbonyl (C=O) groups excluding carboxylic acids is 1. The van der Waals surface area contributed by atoms with E-state index in [9.17, 15) is 4.79 Å². The number of carbonyl (C=O) groups is 1. The van der Waals surface area contributed by atoms with Gasteiger partial charge in [0.05, 0.1) is 11.2 Å². The number of hydrogen-bond donors (Lipinski definition) is 2. The van der Waals surface area contributed by atoms with Crippen molar-refractivity contribution < 1.29 is 4.79 Å². The molecular weight excluding hydrogens is 306 g/mol. The third-order valence-corrected chi connectivity index (χ3v) is 3.29. The molecule has 4 nitrogen and oxygen atoms in total. The summed E-state index contributed by atoms with van der Waals surface area (Å²) in [6.07, 6.45) is 3.12. The quantitative estimate of drug-likeness (QED) is 0.832. The molecule has 1 aromatic carbocycles. The second-order valence-electron chi connectivity index (χ2n) is 4.23. The highest BCUT2D eigenvalue weighted by molar-refractivity contribution is 9.10. The van der Waals surface area contributed by atoms with E-state index < -0.39 is 0 Å². The van der Waals surface area contributed by atoms with Crippen molar-refractivity contribution in [2.75, 3.05) is 18.9 Å². The molecule has 2 rings (SSSR count). The van der Waals surface area contributed by atoms with Gasteiger partial charge in [-0.1, -0.05) is 12.1 Å². The summed E-state index contributed by atoms with van der Waals surface area (Å²) in [5.74, 6) is 0.0711. The van der Waals surface area contributed by atoms with Gasteiger partial charge >= 0.3 is 0 Å². The minimum atomic E-state index is 0.0711. The Morgan fingerprint density at radius 1 is 1.42 bits per heavy atom. The number of para-hydroxylation sites is 1. The number of pyridine rings is 1. The number of nitrogens with one attached hydrogen (secondary N) is 2. The molecule has 1 aromatic heterocycles. The van der Waals surface area contributed by atoms with Gasteiger partial charge in [0.25, 0.3) is 0 Å². The van der Waals surface area contributed by atoms with Crippen LogP contribution in [0.3, 0.4) is 0 Å². The molecule has 0 saturated heterocycles. The highest BCUT2D eigenvalue weighted by Crippen LogP contribution is 2.23. The molecule has 0 atom stereocenters. The van der Waals surface area contributed by atoms with Crippen molar-refractivity contribution in [3.05, 3.63) is 34.9 Å². The Balaban J connectivity index is 2.02. The first-order valence-electron chi connectivity index (χ1n) is 6.19. The Morgan fingerprint density at radius 3 is 3.05 bits per heavy atom. The molecule has 2 aromatic rings. The molecular formula is C14H16BrN3O. The summed E-state index contributed by atoms with van der Waals surface area (Å²) in [7, 11) is 1.66. The number of anilines is 1. The molecule has 0 saturated carbocycles. The number of amides is 1. The molecule has 0 radical (unpaired) electrons. The molecule has 0 bridgehead atoms. The van der Waals surface area contributed by atoms with E-state index in [1.54, 1.807) is 13.2 Å². The summed E-state index contributed by atoms with van der Waals surface area (Å²) in [6.45, 7) is 0.754. The van der Waals surface area contributed by atoms with Crippen molar-refractivity contribution in [1.29, 1.82) is 0 Å². The first kappa shape index (κ1) is 13.8. The van der Waals surface area contributed by atoms with Crippen LogP contribution in [-0.4, -0.2) is 24.5 Å². The number of nitrogens with zero attached hydrogens (tertiary/aromatic N) is 1. The van der Waals surface area contributed by atoms with Crippen molar-refractivity contribution in [3.8, 4) is 0 Å². The zero-order valence-electron chi connectivity index (χ0n) is 10.7. The summed E-state index contributed by atoms with van der Waals surface area (Å²) < 4.78 is 0.969. The summed E-state index contributed by atoms with van der Waals surface area (Å²) in [5, 5.41) is 7.03. The molecule has 0 unspecified atom stereocenters. The average molecular weight is 322 g/mol. The van der Waals surface area contributed by atoms with E-state index in [-0.39, 0.29) is 5.91 Å². The van der Waals surface area contributed by atoms with Crippen LogP contribution in [0.5, 0.6) is 0 Å². The smallest absolute Gasteiger partial charge is 0.219 e. The van der Waals surface area contributed by atoms with Gasteiger partial charge in [-0.3, -0.25) is 9.78 Å². The van der Waals surface area contributed by atoms with Crippen LogP contribution in [0.15, 0.2) is 34.9 Å². The molecule has 19 heavy (non-hydrogen) atoms. The standard InChI is InChI=1S/C14H16BrN3O/c1-16-13(19)6-3-7-17-12-5-2-4-10-8-11(15)9-18-14(10)12/h2,4-5,8-9,17H,3,6-7H2,1H3,(H,16,19). The van der Waals surface area contributed by atoms with Crippen LogP contribution >= 0.6 is 15.9 Å². The van der Waals surface area contributed by atoms with E-state index in [0.29, 0.717) is 6.42 Å². The molecule has 0 aliphatic rings. The highest BCUT2D eigenvalue weighted by Gasteiger charge is 2.03. The zero-order chi connectivity index (χ0) is 13.7. The van der Waals surface area contributed by atoms with Gasteiger partial charge in [-0.2, -0.15) is 0 Å². The maximum Gasteiger partial charge on any atom is 0.219 e. The zero-order valence-corrected chi connectivity index (χ0v) is 12.3. The lowest BCUT2D eigenvalue weighted by Gasteiger charge is -2.09. The maximum atomic E-state index is 11.1. The third-order valence-electron chi connectivity index (χ3n) is 2.85. The fraction of sp³-hybridized carbons (Fsp3) is 0.286. The summed E-state index contributed by atoms with van der Waals surface area (Å²) in [5.41, 5.74) is 1.95. The molecule has 100 valence electrons. The third kappa shape index (κ3) is 3.67. The molecule has 0 spiro atoms. The molecule has 0 fully saturated rings. The van der Waals surface area contributed by atoms with Gasteiger partial charge in [0.2, 0.25) is 5.91 Å². The van der Waals surface area contributed by atoms with Gasteiger partial charge in [-0.15, -0.1) is 0 Å². The Bertz CT molecular complexity index is 586. The summed E-state index contributed by atoms with van der Waals surface area (Å²) in [4.78, 5) is 15.5. The Hall–Kier alpha value is -1.62. The van der Waals surface area contributed by atoms with Gasteiger partial charge in [-0.25, -0.2) is 0 Å². The van der Waals surface area contributed by atoms with E-state index in [1.807, 2.05) is 24.3 Å². The molecule has 5 heteroatoms. The second-order valence-corrected chi connectivity index (χ2v) is 5.15. The number of aromatic nitrogens is 1. The number of fused-ring (bicyclic) bond motifs is 1. The predicted molar refractivity (Wildman–Crippen MR) is 81.2 cm³/mol. The maximum absolute atomic E-state index is 11.1. The van der Waals surface area contributed by atoms with Crippen LogP contribution in [0, 0.1) is 0 Å². The lowest BCUT2D eigenvalue weighted by molar-refractivity contribution is -0.120. The fourth-order valence-corrected chi connectivity index (χ4v) is 2.22. The minimum Gasteiger partial charge on any atom is -0.383 e. The first-order chi connectivity index (χ1) is 9.20. The lowest BCUT2D eigenvalue weighted by atomic mass is 10.2. The van der Waals surface area contributed by atoms with Crippen molar-refractivity contribution in [2.45, 2.75) is 12.8 Å². The predicted octanol–water partition coefficient (Wildman–Crippen LogP) is 2.94. The topological polar surface area (TPSA) is 54.0 Å². The lowest BCUT2D eigenvalue weighted by Crippen LogP contribution is -2.18. The monoisotopic (exact) mass is 321 g/mol. The molecule has 1 heterocycles. The molecule has 0 aliphatic carbocycles. The van der Waals surface area contributed by atoms with E-state index in [1.165, 1.54) is 0 Å². The highest BCUT2D eigenvalue weighted by atomic mass is 79.9. The van der Waals surface area contributed by atoms with Crippen LogP contribution in [0.25, 0.3) is 10.9 Å². The number of rotatable bonds is 5. The molecule has 2 N–H and O–H groups in total. The Morgan fingerprint density at radius 2 is 2.26 bits per heavy atom. The normalized spacial score (nSPS) is 10.4. The van der Waals surface area contributed by atoms with Crippen LogP contribution in [-0.2, 0) is 4.79 Å². The molecule has 0 aliphatic heterocycles. The first-order valence-corrected chi connectivity index (χ1v) is 6.99. The van der Waals surface area contributed by atoms with Crippen LogP contribution in [0.2, 0.25) is 0 Å². The average Bonchev–Trinajstić information content (AvgIpc) is 2.42. The van der Waals surface area contributed by atoms with Gasteiger partial charge < -0.3 is 10.6 Å². The van der Waals surface area contributed by atoms with Crippen molar-refractivity contribution in [1.82, 2.24) is 10.3 Å². The van der Waals surface area contributed by atoms with Crippen molar-refractivity contribution in [2.24, 2.45) is 0 Å². The van der Waals surface area contributed by atoms with E-state index in [2.05, 4.69) is 31.5 Å². The summed E-state index contributed by atoms with van der Waals surface area (Å²) in [6, 6.07) is 8.07. The van der Waals surface area contributed by atoms with E-state index >= 15 is 0 Å². The Kier molecular flexibility index (Phi) is 4.74. The van der Waals surface area contributed by atoms with Gasteiger partial charge in [0, 0.05) is 36.1 Å². The van der Waals surface area contributed by atoms with Crippen LogP contribution in [0.1, 0.15) is 12.8 Å². The minimum absolute atomic E-state index is 0.0711. The summed E-state index contributed by atoms with van der Waals surface area (Å²) >= 11 is 3.42. The van der Waals surface area contributed by atoms with Gasteiger partial charge in [0.15, 0.2) is 0 Å². The SMILES string of the molecule is CNC(=O)CCCNc1cccc2cc(Br)cnc12. The number of hydrogen-bond acceptors (Lipinski definition) is 3. The number of halogens is 1. The Labute approximate surface area is 120 Å². The van der Waals surface area contributed by atoms with E-state index in [4.69, 9.17) is 0 Å². The van der Waals surface area contributed by atoms with Crippen molar-refractivity contribution in [3.63, 3.8) is 0 Å². The van der Waals surface area contributed by atoms with Crippen LogP contribution in [0.4, 0.5) is 5.69 Å². The fourth-order valence-electron chi connectivity index (χ4n) is 1.87. The van der Waals surface area contributed by atoms with Gasteiger partial charge in [-0.05, 0) is 34.5 Å². The number of benzene rings is 1. The van der Waals surface area contributed by atoms with Crippen molar-refractivity contribution >= 4 is 38.4 Å². The van der Waals surface area contributed by atoms with E-state index in [0.717, 1.165) is 34.0 Å². The van der Waals surface area contributed by atoms with Crippen LogP contribution < -0.4 is 10.6 Å². The molecule has 1 amide bonds. The largest absolute Gasteiger partial charge is 0.383 e. The second kappa shape index (κ2) is 6.52. The van der Waals surface area contributed by atoms with Gasteiger partial charge in [0.1, 0.15) is 0 Å².